The average Bonchev–Trinajstić information content (AvgIpc) is 2.18. The summed E-state index contributed by atoms with van der Waals surface area (Å²) >= 11 is 3.43. The monoisotopic (exact) mass is 271 g/mol. The fourth-order valence-electron chi connectivity index (χ4n) is 1.41. The molecule has 0 spiro atoms. The first kappa shape index (κ1) is 12.4. The highest BCUT2D eigenvalue weighted by Gasteiger charge is 2.10. The predicted octanol–water partition coefficient (Wildman–Crippen LogP) is 3.81. The van der Waals surface area contributed by atoms with Crippen molar-refractivity contribution in [3.05, 3.63) is 45.7 Å². The smallest absolute Gasteiger partial charge is 0.123 e. The summed E-state index contributed by atoms with van der Waals surface area (Å²) in [5, 5.41) is 3.14. The van der Waals surface area contributed by atoms with Crippen LogP contribution < -0.4 is 5.32 Å². The maximum atomic E-state index is 13.1. The lowest BCUT2D eigenvalue weighted by molar-refractivity contribution is 0.617. The van der Waals surface area contributed by atoms with Gasteiger partial charge in [0, 0.05) is 4.47 Å². The number of benzene rings is 1. The molecular formula is C12H15BrFN. The molecule has 0 saturated carbocycles. The van der Waals surface area contributed by atoms with Crippen LogP contribution in [0.15, 0.2) is 34.3 Å². The topological polar surface area (TPSA) is 12.0 Å². The minimum Gasteiger partial charge on any atom is -0.310 e. The Morgan fingerprint density at radius 3 is 2.67 bits per heavy atom. The van der Waals surface area contributed by atoms with Crippen molar-refractivity contribution in [2.45, 2.75) is 19.9 Å². The van der Waals surface area contributed by atoms with Crippen LogP contribution in [-0.2, 0) is 0 Å². The summed E-state index contributed by atoms with van der Waals surface area (Å²) in [6, 6.07) is 4.77. The highest BCUT2D eigenvalue weighted by molar-refractivity contribution is 9.10. The standard InChI is InChI=1S/C12H15BrFN/c1-8(2)6-12(15-3)10-7-9(14)4-5-11(10)13/h4-7,12,15H,1-3H3. The van der Waals surface area contributed by atoms with Gasteiger partial charge in [0.05, 0.1) is 6.04 Å². The van der Waals surface area contributed by atoms with Gasteiger partial charge in [0.25, 0.3) is 0 Å². The molecule has 1 aromatic carbocycles. The van der Waals surface area contributed by atoms with Crippen LogP contribution in [0.4, 0.5) is 4.39 Å². The maximum Gasteiger partial charge on any atom is 0.123 e. The van der Waals surface area contributed by atoms with Crippen LogP contribution in [0.2, 0.25) is 0 Å². The van der Waals surface area contributed by atoms with E-state index in [1.165, 1.54) is 11.6 Å². The quantitative estimate of drug-likeness (QED) is 0.825. The molecule has 82 valence electrons. The molecule has 0 saturated heterocycles. The molecular weight excluding hydrogens is 257 g/mol. The molecule has 0 amide bonds. The molecule has 1 aromatic rings. The number of likely N-dealkylation sites (N-methyl/N-ethyl adjacent to an activating group) is 1. The summed E-state index contributed by atoms with van der Waals surface area (Å²) < 4.78 is 14.0. The van der Waals surface area contributed by atoms with Crippen molar-refractivity contribution < 1.29 is 4.39 Å². The normalized spacial score (nSPS) is 12.3. The second-order valence-electron chi connectivity index (χ2n) is 3.68. The lowest BCUT2D eigenvalue weighted by Crippen LogP contribution is -2.15. The number of hydrogen-bond donors (Lipinski definition) is 1. The molecule has 0 aliphatic carbocycles. The Kier molecular flexibility index (Phi) is 4.48. The summed E-state index contributed by atoms with van der Waals surface area (Å²) in [6.07, 6.45) is 2.07. The van der Waals surface area contributed by atoms with E-state index < -0.39 is 0 Å². The van der Waals surface area contributed by atoms with E-state index in [0.717, 1.165) is 10.0 Å². The van der Waals surface area contributed by atoms with Gasteiger partial charge >= 0.3 is 0 Å². The van der Waals surface area contributed by atoms with Gasteiger partial charge in [-0.25, -0.2) is 4.39 Å². The molecule has 0 fully saturated rings. The molecule has 0 bridgehead atoms. The van der Waals surface area contributed by atoms with Crippen LogP contribution in [0.5, 0.6) is 0 Å². The molecule has 0 heterocycles. The molecule has 1 unspecified atom stereocenters. The molecule has 1 rings (SSSR count). The van der Waals surface area contributed by atoms with Crippen LogP contribution in [0.3, 0.4) is 0 Å². The van der Waals surface area contributed by atoms with Gasteiger partial charge in [0.15, 0.2) is 0 Å². The molecule has 1 N–H and O–H groups in total. The molecule has 1 nitrogen and oxygen atoms in total. The van der Waals surface area contributed by atoms with Gasteiger partial charge < -0.3 is 5.32 Å². The molecule has 1 atom stereocenters. The Morgan fingerprint density at radius 2 is 2.13 bits per heavy atom. The zero-order valence-corrected chi connectivity index (χ0v) is 10.7. The van der Waals surface area contributed by atoms with Crippen molar-refractivity contribution in [1.82, 2.24) is 5.32 Å². The van der Waals surface area contributed by atoms with E-state index >= 15 is 0 Å². The first-order valence-electron chi connectivity index (χ1n) is 4.82. The van der Waals surface area contributed by atoms with Gasteiger partial charge in [-0.3, -0.25) is 0 Å². The molecule has 0 radical (unpaired) electrons. The molecule has 0 aromatic heterocycles. The number of hydrogen-bond acceptors (Lipinski definition) is 1. The van der Waals surface area contributed by atoms with Gasteiger partial charge in [-0.1, -0.05) is 27.6 Å². The van der Waals surface area contributed by atoms with Crippen LogP contribution in [0.1, 0.15) is 25.5 Å². The lowest BCUT2D eigenvalue weighted by atomic mass is 10.0. The third-order valence-corrected chi connectivity index (χ3v) is 2.83. The average molecular weight is 272 g/mol. The first-order valence-corrected chi connectivity index (χ1v) is 5.61. The van der Waals surface area contributed by atoms with E-state index in [2.05, 4.69) is 27.3 Å². The van der Waals surface area contributed by atoms with E-state index in [1.54, 1.807) is 12.1 Å². The Labute approximate surface area is 98.5 Å². The SMILES string of the molecule is CNC(C=C(C)C)c1cc(F)ccc1Br. The second kappa shape index (κ2) is 5.42. The highest BCUT2D eigenvalue weighted by atomic mass is 79.9. The van der Waals surface area contributed by atoms with Crippen molar-refractivity contribution in [3.8, 4) is 0 Å². The van der Waals surface area contributed by atoms with E-state index in [9.17, 15) is 4.39 Å². The summed E-state index contributed by atoms with van der Waals surface area (Å²) in [5.74, 6) is -0.212. The summed E-state index contributed by atoms with van der Waals surface area (Å²) in [5.41, 5.74) is 2.12. The predicted molar refractivity (Wildman–Crippen MR) is 65.3 cm³/mol. The fraction of sp³-hybridized carbons (Fsp3) is 0.333. The van der Waals surface area contributed by atoms with Crippen LogP contribution in [-0.4, -0.2) is 7.05 Å². The lowest BCUT2D eigenvalue weighted by Gasteiger charge is -2.15. The van der Waals surface area contributed by atoms with Crippen molar-refractivity contribution >= 4 is 15.9 Å². The summed E-state index contributed by atoms with van der Waals surface area (Å²) in [4.78, 5) is 0. The van der Waals surface area contributed by atoms with E-state index in [0.29, 0.717) is 0 Å². The van der Waals surface area contributed by atoms with E-state index in [4.69, 9.17) is 0 Å². The number of allylic oxidation sites excluding steroid dienone is 1. The number of nitrogens with one attached hydrogen (secondary N) is 1. The number of halogens is 2. The van der Waals surface area contributed by atoms with Crippen molar-refractivity contribution in [2.75, 3.05) is 7.05 Å². The third-order valence-electron chi connectivity index (χ3n) is 2.10. The first-order chi connectivity index (χ1) is 7.04. The van der Waals surface area contributed by atoms with Gasteiger partial charge in [-0.15, -0.1) is 0 Å². The van der Waals surface area contributed by atoms with E-state index in [-0.39, 0.29) is 11.9 Å². The van der Waals surface area contributed by atoms with Crippen molar-refractivity contribution in [1.29, 1.82) is 0 Å². The van der Waals surface area contributed by atoms with Crippen molar-refractivity contribution in [3.63, 3.8) is 0 Å². The Hall–Kier alpha value is -0.670. The van der Waals surface area contributed by atoms with Crippen LogP contribution in [0, 0.1) is 5.82 Å². The summed E-state index contributed by atoms with van der Waals surface area (Å²) in [6.45, 7) is 4.05. The minimum absolute atomic E-state index is 0.0417. The highest BCUT2D eigenvalue weighted by Crippen LogP contribution is 2.25. The van der Waals surface area contributed by atoms with Crippen molar-refractivity contribution in [2.24, 2.45) is 0 Å². The van der Waals surface area contributed by atoms with Gasteiger partial charge in [0.1, 0.15) is 5.82 Å². The Bertz CT molecular complexity index is 370. The minimum atomic E-state index is -0.212. The third kappa shape index (κ3) is 3.43. The molecule has 3 heteroatoms. The zero-order chi connectivity index (χ0) is 11.4. The van der Waals surface area contributed by atoms with Gasteiger partial charge in [-0.05, 0) is 44.7 Å². The zero-order valence-electron chi connectivity index (χ0n) is 9.14. The summed E-state index contributed by atoms with van der Waals surface area (Å²) in [7, 11) is 1.86. The molecule has 0 aliphatic heterocycles. The van der Waals surface area contributed by atoms with Gasteiger partial charge in [-0.2, -0.15) is 0 Å². The van der Waals surface area contributed by atoms with Gasteiger partial charge in [0.2, 0.25) is 0 Å². The number of rotatable bonds is 3. The maximum absolute atomic E-state index is 13.1. The molecule has 0 aliphatic rings. The Morgan fingerprint density at radius 1 is 1.47 bits per heavy atom. The van der Waals surface area contributed by atoms with Crippen LogP contribution in [0.25, 0.3) is 0 Å². The fourth-order valence-corrected chi connectivity index (χ4v) is 1.91. The largest absolute Gasteiger partial charge is 0.310 e. The van der Waals surface area contributed by atoms with Crippen LogP contribution >= 0.6 is 15.9 Å². The second-order valence-corrected chi connectivity index (χ2v) is 4.53. The van der Waals surface area contributed by atoms with E-state index in [1.807, 2.05) is 20.9 Å². The Balaban J connectivity index is 3.11. The molecule has 15 heavy (non-hydrogen) atoms.